The lowest BCUT2D eigenvalue weighted by atomic mass is 9.94. The average molecular weight is 388 g/mol. The zero-order valence-corrected chi connectivity index (χ0v) is 16.5. The number of methoxy groups -OCH3 is 1. The predicted molar refractivity (Wildman–Crippen MR) is 107 cm³/mol. The van der Waals surface area contributed by atoms with E-state index in [4.69, 9.17) is 14.5 Å². The summed E-state index contributed by atoms with van der Waals surface area (Å²) in [7, 11) is 1.65. The topological polar surface area (TPSA) is 86.6 Å². The highest BCUT2D eigenvalue weighted by Crippen LogP contribution is 2.42. The van der Waals surface area contributed by atoms with Gasteiger partial charge in [0, 0.05) is 38.2 Å². The number of urea groups is 1. The van der Waals surface area contributed by atoms with Crippen LogP contribution in [0.3, 0.4) is 0 Å². The number of hydrogen-bond acceptors (Lipinski definition) is 6. The molecule has 0 aromatic heterocycles. The van der Waals surface area contributed by atoms with Crippen LogP contribution >= 0.6 is 0 Å². The van der Waals surface area contributed by atoms with Crippen molar-refractivity contribution in [3.8, 4) is 5.75 Å². The molecule has 0 radical (unpaired) electrons. The Labute approximate surface area is 165 Å². The number of amides is 2. The van der Waals surface area contributed by atoms with Crippen LogP contribution in [0, 0.1) is 0 Å². The number of morpholine rings is 1. The van der Waals surface area contributed by atoms with Crippen molar-refractivity contribution in [1.29, 1.82) is 0 Å². The van der Waals surface area contributed by atoms with E-state index < -0.39 is 5.60 Å². The molecule has 0 spiro atoms. The molecule has 0 saturated carbocycles. The maximum atomic E-state index is 12.7. The van der Waals surface area contributed by atoms with E-state index in [9.17, 15) is 9.90 Å². The first-order chi connectivity index (χ1) is 13.5. The molecule has 0 bridgehead atoms. The van der Waals surface area contributed by atoms with Gasteiger partial charge in [0.05, 0.1) is 37.3 Å². The van der Waals surface area contributed by atoms with Crippen molar-refractivity contribution < 1.29 is 19.4 Å². The van der Waals surface area contributed by atoms with E-state index in [1.807, 2.05) is 19.1 Å². The van der Waals surface area contributed by atoms with E-state index in [1.165, 1.54) is 0 Å². The molecule has 152 valence electrons. The molecule has 1 aromatic carbocycles. The molecule has 28 heavy (non-hydrogen) atoms. The summed E-state index contributed by atoms with van der Waals surface area (Å²) in [6.45, 7) is 5.95. The number of rotatable bonds is 2. The molecular formula is C20H28N4O4. The fraction of sp³-hybridized carbons (Fsp3) is 0.600. The van der Waals surface area contributed by atoms with Crippen molar-refractivity contribution in [3.05, 3.63) is 17.7 Å². The van der Waals surface area contributed by atoms with Crippen LogP contribution in [0.1, 0.15) is 25.3 Å². The smallest absolute Gasteiger partial charge is 0.322 e. The molecule has 2 saturated heterocycles. The number of hydrogen-bond donors (Lipinski definition) is 2. The third kappa shape index (κ3) is 3.79. The van der Waals surface area contributed by atoms with Gasteiger partial charge in [-0.15, -0.1) is 0 Å². The molecule has 2 fully saturated rings. The Morgan fingerprint density at radius 3 is 2.64 bits per heavy atom. The van der Waals surface area contributed by atoms with Gasteiger partial charge in [-0.25, -0.2) is 9.79 Å². The first kappa shape index (κ1) is 19.0. The molecule has 2 amide bonds. The minimum Gasteiger partial charge on any atom is -0.496 e. The third-order valence-electron chi connectivity index (χ3n) is 5.76. The normalized spacial score (nSPS) is 21.2. The molecular weight excluding hydrogens is 360 g/mol. The standard InChI is InChI=1S/C20H28N4O4/c1-20(26)5-7-24(8-6-20)19(25)22-17-13-14-16(27-2)4-3-15(18(14)21-17)23-9-11-28-12-10-23/h3-4,26H,5-13H2,1-2H3,(H,21,22,25). The number of aliphatic imine (C=N–C) groups is 1. The Morgan fingerprint density at radius 1 is 1.25 bits per heavy atom. The summed E-state index contributed by atoms with van der Waals surface area (Å²) < 4.78 is 11.0. The molecule has 8 heteroatoms. The number of aliphatic hydroxyl groups is 1. The predicted octanol–water partition coefficient (Wildman–Crippen LogP) is 1.67. The van der Waals surface area contributed by atoms with Gasteiger partial charge in [-0.1, -0.05) is 0 Å². The molecule has 0 atom stereocenters. The Balaban J connectivity index is 1.50. The van der Waals surface area contributed by atoms with E-state index in [-0.39, 0.29) is 6.03 Å². The summed E-state index contributed by atoms with van der Waals surface area (Å²) in [5, 5.41) is 13.0. The van der Waals surface area contributed by atoms with Gasteiger partial charge in [0.15, 0.2) is 0 Å². The Morgan fingerprint density at radius 2 is 1.96 bits per heavy atom. The Kier molecular flexibility index (Phi) is 5.16. The van der Waals surface area contributed by atoms with Crippen molar-refractivity contribution in [3.63, 3.8) is 0 Å². The zero-order valence-electron chi connectivity index (χ0n) is 16.5. The van der Waals surface area contributed by atoms with Crippen LogP contribution in [0.2, 0.25) is 0 Å². The summed E-state index contributed by atoms with van der Waals surface area (Å²) in [6.07, 6.45) is 1.71. The third-order valence-corrected chi connectivity index (χ3v) is 5.76. The monoisotopic (exact) mass is 388 g/mol. The fourth-order valence-electron chi connectivity index (χ4n) is 3.96. The van der Waals surface area contributed by atoms with Crippen molar-refractivity contribution in [2.45, 2.75) is 31.8 Å². The van der Waals surface area contributed by atoms with E-state index in [1.54, 1.807) is 12.0 Å². The number of likely N-dealkylation sites (tertiary alicyclic amines) is 1. The number of amidine groups is 1. The van der Waals surface area contributed by atoms with Gasteiger partial charge in [-0.2, -0.15) is 0 Å². The number of carbonyl (C=O) groups excluding carboxylic acids is 1. The van der Waals surface area contributed by atoms with Crippen molar-refractivity contribution in [2.75, 3.05) is 51.4 Å². The largest absolute Gasteiger partial charge is 0.496 e. The summed E-state index contributed by atoms with van der Waals surface area (Å²) in [4.78, 5) is 21.4. The van der Waals surface area contributed by atoms with E-state index >= 15 is 0 Å². The van der Waals surface area contributed by atoms with Gasteiger partial charge >= 0.3 is 6.03 Å². The number of carbonyl (C=O) groups is 1. The van der Waals surface area contributed by atoms with Gasteiger partial charge < -0.3 is 24.4 Å². The lowest BCUT2D eigenvalue weighted by Gasteiger charge is -2.35. The van der Waals surface area contributed by atoms with Crippen LogP contribution in [0.25, 0.3) is 0 Å². The second kappa shape index (κ2) is 7.60. The van der Waals surface area contributed by atoms with Crippen LogP contribution in [-0.4, -0.2) is 74.0 Å². The fourth-order valence-corrected chi connectivity index (χ4v) is 3.96. The molecule has 1 aromatic rings. The molecule has 0 unspecified atom stereocenters. The van der Waals surface area contributed by atoms with E-state index in [0.717, 1.165) is 35.8 Å². The lowest BCUT2D eigenvalue weighted by molar-refractivity contribution is 0.00483. The minimum absolute atomic E-state index is 0.158. The first-order valence-electron chi connectivity index (χ1n) is 9.85. The first-order valence-corrected chi connectivity index (χ1v) is 9.85. The maximum Gasteiger partial charge on any atom is 0.322 e. The van der Waals surface area contributed by atoms with Crippen LogP contribution < -0.4 is 15.0 Å². The Hall–Kier alpha value is -2.32. The summed E-state index contributed by atoms with van der Waals surface area (Å²) in [5.74, 6) is 1.42. The van der Waals surface area contributed by atoms with Crippen LogP contribution in [-0.2, 0) is 11.2 Å². The lowest BCUT2D eigenvalue weighted by Crippen LogP contribution is -2.50. The van der Waals surface area contributed by atoms with Crippen LogP contribution in [0.4, 0.5) is 16.2 Å². The highest BCUT2D eigenvalue weighted by molar-refractivity contribution is 6.04. The Bertz CT molecular complexity index is 777. The second-order valence-corrected chi connectivity index (χ2v) is 7.86. The van der Waals surface area contributed by atoms with Gasteiger partial charge in [0.1, 0.15) is 11.6 Å². The van der Waals surface area contributed by atoms with Crippen molar-refractivity contribution >= 4 is 23.2 Å². The molecule has 3 aliphatic rings. The minimum atomic E-state index is -0.682. The number of benzene rings is 1. The van der Waals surface area contributed by atoms with Gasteiger partial charge in [-0.3, -0.25) is 5.32 Å². The summed E-state index contributed by atoms with van der Waals surface area (Å²) in [5.41, 5.74) is 2.25. The number of nitrogens with one attached hydrogen (secondary N) is 1. The maximum absolute atomic E-state index is 12.7. The number of anilines is 1. The van der Waals surface area contributed by atoms with Gasteiger partial charge in [-0.05, 0) is 31.9 Å². The van der Waals surface area contributed by atoms with Crippen LogP contribution in [0.15, 0.2) is 17.1 Å². The summed E-state index contributed by atoms with van der Waals surface area (Å²) >= 11 is 0. The number of nitrogens with zero attached hydrogens (tertiary/aromatic N) is 3. The molecule has 0 aliphatic carbocycles. The number of ether oxygens (including phenoxy) is 2. The zero-order chi connectivity index (χ0) is 19.7. The molecule has 2 N–H and O–H groups in total. The van der Waals surface area contributed by atoms with Gasteiger partial charge in [0.2, 0.25) is 0 Å². The molecule has 3 aliphatic heterocycles. The van der Waals surface area contributed by atoms with E-state index in [2.05, 4.69) is 10.2 Å². The SMILES string of the molecule is COc1ccc(N2CCOCC2)c2c1CC(NC(=O)N1CCC(C)(O)CC1)=N2. The highest BCUT2D eigenvalue weighted by Gasteiger charge is 2.31. The summed E-state index contributed by atoms with van der Waals surface area (Å²) in [6, 6.07) is 3.84. The second-order valence-electron chi connectivity index (χ2n) is 7.86. The number of piperidine rings is 1. The molecule has 3 heterocycles. The average Bonchev–Trinajstić information content (AvgIpc) is 3.11. The quantitative estimate of drug-likeness (QED) is 0.805. The van der Waals surface area contributed by atoms with Gasteiger partial charge in [0.25, 0.3) is 0 Å². The highest BCUT2D eigenvalue weighted by atomic mass is 16.5. The molecule has 8 nitrogen and oxygen atoms in total. The van der Waals surface area contributed by atoms with Crippen molar-refractivity contribution in [2.24, 2.45) is 4.99 Å². The van der Waals surface area contributed by atoms with E-state index in [0.29, 0.717) is 51.4 Å². The van der Waals surface area contributed by atoms with Crippen molar-refractivity contribution in [1.82, 2.24) is 10.2 Å². The van der Waals surface area contributed by atoms with Crippen LogP contribution in [0.5, 0.6) is 5.75 Å². The molecule has 4 rings (SSSR count). The number of fused-ring (bicyclic) bond motifs is 1.